The Hall–Kier alpha value is -2.19. The van der Waals surface area contributed by atoms with Crippen molar-refractivity contribution in [1.29, 1.82) is 0 Å². The summed E-state index contributed by atoms with van der Waals surface area (Å²) < 4.78 is 13.2. The average molecular weight is 535 g/mol. The monoisotopic (exact) mass is 534 g/mol. The third kappa shape index (κ3) is 3.58. The van der Waals surface area contributed by atoms with Crippen LogP contribution in [0.3, 0.4) is 0 Å². The van der Waals surface area contributed by atoms with Gasteiger partial charge in [0.15, 0.2) is 5.78 Å². The van der Waals surface area contributed by atoms with Gasteiger partial charge in [-0.15, -0.1) is 34.0 Å². The molecule has 35 heavy (non-hydrogen) atoms. The lowest BCUT2D eigenvalue weighted by molar-refractivity contribution is 0.102. The summed E-state index contributed by atoms with van der Waals surface area (Å²) in [5, 5.41) is 3.69. The molecule has 7 heteroatoms. The minimum atomic E-state index is 0.00508. The van der Waals surface area contributed by atoms with Crippen LogP contribution < -0.4 is 0 Å². The van der Waals surface area contributed by atoms with Gasteiger partial charge in [0.25, 0.3) is 0 Å². The van der Waals surface area contributed by atoms with Crippen molar-refractivity contribution in [3.63, 3.8) is 0 Å². The van der Waals surface area contributed by atoms with E-state index in [-0.39, 0.29) is 16.6 Å². The molecule has 0 unspecified atom stereocenters. The Labute approximate surface area is 220 Å². The molecule has 6 aromatic rings. The van der Waals surface area contributed by atoms with E-state index in [1.165, 1.54) is 57.3 Å². The quantitative estimate of drug-likeness (QED) is 0.208. The minimum Gasteiger partial charge on any atom is -0.294 e. The van der Waals surface area contributed by atoms with E-state index in [0.29, 0.717) is 0 Å². The molecule has 6 rings (SSSR count). The average Bonchev–Trinajstić information content (AvgIpc) is 3.54. The van der Waals surface area contributed by atoms with Gasteiger partial charge in [-0.1, -0.05) is 53.7 Å². The normalized spacial score (nSPS) is 13.1. The van der Waals surface area contributed by atoms with Crippen LogP contribution in [0.15, 0.2) is 30.3 Å². The zero-order chi connectivity index (χ0) is 24.9. The molecule has 4 aromatic heterocycles. The molecular formula is C28H26N2OS4. The van der Waals surface area contributed by atoms with Gasteiger partial charge in [0, 0.05) is 36.2 Å². The Morgan fingerprint density at radius 2 is 1.43 bits per heavy atom. The number of thiophene rings is 3. The van der Waals surface area contributed by atoms with Gasteiger partial charge in [0.05, 0.1) is 26.0 Å². The van der Waals surface area contributed by atoms with Crippen molar-refractivity contribution >= 4 is 92.8 Å². The number of benzene rings is 2. The standard InChI is InChI=1S/C28H26N2OS4/c1-13(31)19-10-15-16-11-20(14-8-9-18(27(2,3)4)23-22(14)29-35-30-23)33-25(16)26-17(24(15)32-19)12-21(34-26)28(5,6)7/h8-12H,1-7H3. The maximum Gasteiger partial charge on any atom is 0.169 e. The Morgan fingerprint density at radius 1 is 0.743 bits per heavy atom. The fraction of sp³-hybridized carbons (Fsp3) is 0.321. The predicted molar refractivity (Wildman–Crippen MR) is 156 cm³/mol. The number of fused-ring (bicyclic) bond motifs is 7. The fourth-order valence-electron chi connectivity index (χ4n) is 4.63. The van der Waals surface area contributed by atoms with Crippen molar-refractivity contribution in [2.75, 3.05) is 0 Å². The van der Waals surface area contributed by atoms with Gasteiger partial charge in [0.1, 0.15) is 11.0 Å². The van der Waals surface area contributed by atoms with Crippen molar-refractivity contribution in [3.8, 4) is 10.4 Å². The summed E-state index contributed by atoms with van der Waals surface area (Å²) in [6, 6.07) is 11.2. The van der Waals surface area contributed by atoms with Gasteiger partial charge >= 0.3 is 0 Å². The van der Waals surface area contributed by atoms with E-state index in [4.69, 9.17) is 4.37 Å². The molecule has 2 aromatic carbocycles. The summed E-state index contributed by atoms with van der Waals surface area (Å²) >= 11 is 6.64. The number of aromatic nitrogens is 2. The van der Waals surface area contributed by atoms with Crippen molar-refractivity contribution in [2.24, 2.45) is 0 Å². The van der Waals surface area contributed by atoms with E-state index >= 15 is 0 Å². The second-order valence-corrected chi connectivity index (χ2v) is 14.9. The van der Waals surface area contributed by atoms with Crippen molar-refractivity contribution in [1.82, 2.24) is 8.75 Å². The molecule has 178 valence electrons. The summed E-state index contributed by atoms with van der Waals surface area (Å²) in [4.78, 5) is 15.7. The molecule has 0 spiro atoms. The summed E-state index contributed by atoms with van der Waals surface area (Å²) in [5.41, 5.74) is 4.44. The Kier molecular flexibility index (Phi) is 5.08. The van der Waals surface area contributed by atoms with E-state index in [1.807, 2.05) is 22.7 Å². The third-order valence-corrected chi connectivity index (χ3v) is 11.2. The zero-order valence-corrected chi connectivity index (χ0v) is 24.1. The highest BCUT2D eigenvalue weighted by molar-refractivity contribution is 7.30. The molecule has 0 saturated heterocycles. The van der Waals surface area contributed by atoms with Crippen LogP contribution >= 0.6 is 45.7 Å². The highest BCUT2D eigenvalue weighted by atomic mass is 32.1. The number of hydrogen-bond donors (Lipinski definition) is 0. The van der Waals surface area contributed by atoms with Crippen LogP contribution in [-0.2, 0) is 10.8 Å². The summed E-state index contributed by atoms with van der Waals surface area (Å²) in [6.07, 6.45) is 0. The first-order valence-corrected chi connectivity index (χ1v) is 14.8. The summed E-state index contributed by atoms with van der Waals surface area (Å²) in [5.74, 6) is 0.127. The molecule has 0 aliphatic heterocycles. The molecule has 0 aliphatic carbocycles. The lowest BCUT2D eigenvalue weighted by Crippen LogP contribution is -2.11. The molecule has 0 N–H and O–H groups in total. The van der Waals surface area contributed by atoms with Crippen molar-refractivity contribution in [2.45, 2.75) is 59.3 Å². The molecule has 0 bridgehead atoms. The smallest absolute Gasteiger partial charge is 0.169 e. The van der Waals surface area contributed by atoms with Crippen LogP contribution in [0.4, 0.5) is 0 Å². The van der Waals surface area contributed by atoms with E-state index in [1.54, 1.807) is 18.3 Å². The maximum absolute atomic E-state index is 12.3. The number of rotatable bonds is 2. The lowest BCUT2D eigenvalue weighted by Gasteiger charge is -2.19. The third-order valence-electron chi connectivity index (χ3n) is 6.51. The Balaban J connectivity index is 1.70. The maximum atomic E-state index is 12.3. The number of ketones is 1. The number of carbonyl (C=O) groups is 1. The second kappa shape index (κ2) is 7.65. The van der Waals surface area contributed by atoms with Gasteiger partial charge < -0.3 is 0 Å². The Bertz CT molecular complexity index is 1800. The summed E-state index contributed by atoms with van der Waals surface area (Å²) in [7, 11) is 0. The molecule has 3 nitrogen and oxygen atoms in total. The van der Waals surface area contributed by atoms with Crippen LogP contribution in [0, 0.1) is 0 Å². The number of carbonyl (C=O) groups excluding carboxylic acids is 1. The lowest BCUT2D eigenvalue weighted by atomic mass is 9.85. The number of hydrogen-bond acceptors (Lipinski definition) is 7. The largest absolute Gasteiger partial charge is 0.294 e. The first-order chi connectivity index (χ1) is 16.4. The molecule has 0 radical (unpaired) electrons. The first-order valence-electron chi connectivity index (χ1n) is 11.6. The molecule has 0 amide bonds. The van der Waals surface area contributed by atoms with E-state index in [0.717, 1.165) is 21.5 Å². The molecule has 0 fully saturated rings. The second-order valence-electron chi connectivity index (χ2n) is 11.2. The predicted octanol–water partition coefficient (Wildman–Crippen LogP) is 9.80. The topological polar surface area (TPSA) is 42.9 Å². The highest BCUT2D eigenvalue weighted by Gasteiger charge is 2.25. The zero-order valence-electron chi connectivity index (χ0n) is 20.8. The van der Waals surface area contributed by atoms with E-state index < -0.39 is 0 Å². The summed E-state index contributed by atoms with van der Waals surface area (Å²) in [6.45, 7) is 15.1. The van der Waals surface area contributed by atoms with Crippen LogP contribution in [0.1, 0.15) is 68.6 Å². The van der Waals surface area contributed by atoms with E-state index in [2.05, 4.69) is 76.2 Å². The first kappa shape index (κ1) is 23.2. The molecule has 4 heterocycles. The highest BCUT2D eigenvalue weighted by Crippen LogP contribution is 2.50. The van der Waals surface area contributed by atoms with Gasteiger partial charge in [-0.3, -0.25) is 4.79 Å². The van der Waals surface area contributed by atoms with Gasteiger partial charge in [-0.25, -0.2) is 0 Å². The van der Waals surface area contributed by atoms with Crippen LogP contribution in [-0.4, -0.2) is 14.5 Å². The van der Waals surface area contributed by atoms with Gasteiger partial charge in [0.2, 0.25) is 0 Å². The van der Waals surface area contributed by atoms with Crippen LogP contribution in [0.2, 0.25) is 0 Å². The number of Topliss-reactive ketones (excluding diaryl/α,β-unsaturated/α-hetero) is 1. The fourth-order valence-corrected chi connectivity index (χ4v) is 8.93. The van der Waals surface area contributed by atoms with Crippen molar-refractivity contribution in [3.05, 3.63) is 45.6 Å². The van der Waals surface area contributed by atoms with Gasteiger partial charge in [-0.2, -0.15) is 8.75 Å². The number of nitrogens with zero attached hydrogens (tertiary/aromatic N) is 2. The van der Waals surface area contributed by atoms with Crippen LogP contribution in [0.25, 0.3) is 51.7 Å². The van der Waals surface area contributed by atoms with Gasteiger partial charge in [-0.05, 0) is 41.5 Å². The molecular weight excluding hydrogens is 509 g/mol. The molecule has 0 aliphatic rings. The van der Waals surface area contributed by atoms with Crippen molar-refractivity contribution < 1.29 is 4.79 Å². The molecule has 0 atom stereocenters. The molecule has 0 saturated carbocycles. The minimum absolute atomic E-state index is 0.00508. The Morgan fingerprint density at radius 3 is 2.11 bits per heavy atom. The van der Waals surface area contributed by atoms with Crippen LogP contribution in [0.5, 0.6) is 0 Å². The SMILES string of the molecule is CC(=O)c1cc2c3cc(-c4ccc(C(C)(C)C)c5nsnc45)sc3c3sc(C(C)(C)C)cc3c2s1. The van der Waals surface area contributed by atoms with E-state index in [9.17, 15) is 4.79 Å².